The predicted octanol–water partition coefficient (Wildman–Crippen LogP) is 4.20. The second-order valence-corrected chi connectivity index (χ2v) is 5.46. The summed E-state index contributed by atoms with van der Waals surface area (Å²) >= 11 is 0. The van der Waals surface area contributed by atoms with E-state index in [9.17, 15) is 4.79 Å². The van der Waals surface area contributed by atoms with Crippen molar-refractivity contribution in [2.24, 2.45) is 0 Å². The third kappa shape index (κ3) is 3.07. The van der Waals surface area contributed by atoms with Gasteiger partial charge in [-0.2, -0.15) is 5.26 Å². The molecule has 0 aliphatic carbocycles. The van der Waals surface area contributed by atoms with Gasteiger partial charge in [0, 0.05) is 5.56 Å². The number of carbonyl (C=O) groups excluding carboxylic acids is 1. The van der Waals surface area contributed by atoms with Crippen LogP contribution in [-0.4, -0.2) is 5.91 Å². The zero-order chi connectivity index (χ0) is 16.2. The first-order chi connectivity index (χ1) is 11.2. The molecule has 0 bridgehead atoms. The number of nitriles is 1. The van der Waals surface area contributed by atoms with Gasteiger partial charge >= 0.3 is 0 Å². The van der Waals surface area contributed by atoms with Crippen LogP contribution in [0.5, 0.6) is 0 Å². The molecule has 1 unspecified atom stereocenters. The molecule has 112 valence electrons. The second-order valence-electron chi connectivity index (χ2n) is 5.46. The van der Waals surface area contributed by atoms with Crippen molar-refractivity contribution >= 4 is 16.7 Å². The molecule has 3 heteroatoms. The van der Waals surface area contributed by atoms with E-state index in [1.54, 1.807) is 24.3 Å². The third-order valence-corrected chi connectivity index (χ3v) is 3.89. The summed E-state index contributed by atoms with van der Waals surface area (Å²) in [6, 6.07) is 22.8. The first-order valence-corrected chi connectivity index (χ1v) is 7.48. The summed E-state index contributed by atoms with van der Waals surface area (Å²) < 4.78 is 0. The number of benzene rings is 3. The van der Waals surface area contributed by atoms with Crippen LogP contribution in [0, 0.1) is 11.3 Å². The number of rotatable bonds is 3. The van der Waals surface area contributed by atoms with E-state index in [1.165, 1.54) is 0 Å². The van der Waals surface area contributed by atoms with Crippen LogP contribution in [-0.2, 0) is 0 Å². The fraction of sp³-hybridized carbons (Fsp3) is 0.100. The Balaban J connectivity index is 1.87. The highest BCUT2D eigenvalue weighted by Gasteiger charge is 2.13. The van der Waals surface area contributed by atoms with E-state index in [2.05, 4.69) is 29.6 Å². The van der Waals surface area contributed by atoms with Gasteiger partial charge in [0.15, 0.2) is 0 Å². The average Bonchev–Trinajstić information content (AvgIpc) is 2.61. The maximum atomic E-state index is 12.4. The molecular weight excluding hydrogens is 284 g/mol. The molecule has 1 amide bonds. The van der Waals surface area contributed by atoms with Gasteiger partial charge in [0.05, 0.1) is 17.7 Å². The molecule has 0 aromatic heterocycles. The Morgan fingerprint density at radius 1 is 1.04 bits per heavy atom. The van der Waals surface area contributed by atoms with Gasteiger partial charge in [-0.1, -0.05) is 48.5 Å². The highest BCUT2D eigenvalue weighted by atomic mass is 16.1. The molecule has 23 heavy (non-hydrogen) atoms. The highest BCUT2D eigenvalue weighted by Crippen LogP contribution is 2.24. The van der Waals surface area contributed by atoms with Crippen molar-refractivity contribution < 1.29 is 4.79 Å². The Kier molecular flexibility index (Phi) is 4.07. The molecule has 1 N–H and O–H groups in total. The zero-order valence-electron chi connectivity index (χ0n) is 12.8. The Morgan fingerprint density at radius 2 is 1.78 bits per heavy atom. The quantitative estimate of drug-likeness (QED) is 0.788. The predicted molar refractivity (Wildman–Crippen MR) is 91.0 cm³/mol. The molecule has 0 fully saturated rings. The van der Waals surface area contributed by atoms with E-state index < -0.39 is 0 Å². The fourth-order valence-corrected chi connectivity index (χ4v) is 2.72. The van der Waals surface area contributed by atoms with Crippen LogP contribution in [0.25, 0.3) is 10.8 Å². The van der Waals surface area contributed by atoms with Crippen LogP contribution < -0.4 is 5.32 Å². The molecule has 3 aromatic carbocycles. The number of nitrogens with one attached hydrogen (secondary N) is 1. The Bertz CT molecular complexity index is 903. The molecule has 0 saturated heterocycles. The molecule has 3 nitrogen and oxygen atoms in total. The van der Waals surface area contributed by atoms with Crippen LogP contribution in [0.15, 0.2) is 66.7 Å². The molecule has 0 spiro atoms. The van der Waals surface area contributed by atoms with Gasteiger partial charge in [-0.3, -0.25) is 4.79 Å². The minimum Gasteiger partial charge on any atom is -0.345 e. The molecule has 0 radical (unpaired) electrons. The van der Waals surface area contributed by atoms with Crippen molar-refractivity contribution in [2.45, 2.75) is 13.0 Å². The highest BCUT2D eigenvalue weighted by molar-refractivity contribution is 5.95. The van der Waals surface area contributed by atoms with Crippen LogP contribution in [0.1, 0.15) is 34.5 Å². The Morgan fingerprint density at radius 3 is 2.61 bits per heavy atom. The van der Waals surface area contributed by atoms with Crippen LogP contribution in [0.2, 0.25) is 0 Å². The molecule has 0 aliphatic rings. The first-order valence-electron chi connectivity index (χ1n) is 7.48. The third-order valence-electron chi connectivity index (χ3n) is 3.89. The van der Waals surface area contributed by atoms with E-state index in [1.807, 2.05) is 31.2 Å². The van der Waals surface area contributed by atoms with Crippen molar-refractivity contribution in [1.29, 1.82) is 5.26 Å². The minimum atomic E-state index is -0.178. The molecule has 3 rings (SSSR count). The van der Waals surface area contributed by atoms with Gasteiger partial charge in [-0.05, 0) is 41.5 Å². The van der Waals surface area contributed by atoms with Crippen molar-refractivity contribution in [3.05, 3.63) is 83.4 Å². The summed E-state index contributed by atoms with van der Waals surface area (Å²) in [6.07, 6.45) is 0. The average molecular weight is 300 g/mol. The lowest BCUT2D eigenvalue weighted by Gasteiger charge is -2.16. The van der Waals surface area contributed by atoms with Crippen LogP contribution in [0.4, 0.5) is 0 Å². The number of fused-ring (bicyclic) bond motifs is 1. The van der Waals surface area contributed by atoms with Crippen molar-refractivity contribution in [2.75, 3.05) is 0 Å². The van der Waals surface area contributed by atoms with Gasteiger partial charge < -0.3 is 5.32 Å². The number of carbonyl (C=O) groups is 1. The lowest BCUT2D eigenvalue weighted by Crippen LogP contribution is -2.26. The lowest BCUT2D eigenvalue weighted by molar-refractivity contribution is 0.0940. The maximum Gasteiger partial charge on any atom is 0.251 e. The number of nitrogens with zero attached hydrogens (tertiary/aromatic N) is 1. The van der Waals surface area contributed by atoms with E-state index in [4.69, 9.17) is 5.26 Å². The number of hydrogen-bond acceptors (Lipinski definition) is 2. The van der Waals surface area contributed by atoms with Gasteiger partial charge in [0.25, 0.3) is 5.91 Å². The lowest BCUT2D eigenvalue weighted by atomic mass is 9.99. The standard InChI is InChI=1S/C20H16N2O/c1-14(18-11-5-8-16-7-2-3-10-19(16)18)22-20(23)17-9-4-6-15(12-17)13-21/h2-12,14H,1H3,(H,22,23). The first kappa shape index (κ1) is 14.8. The zero-order valence-corrected chi connectivity index (χ0v) is 12.8. The minimum absolute atomic E-state index is 0.126. The Labute approximate surface area is 135 Å². The van der Waals surface area contributed by atoms with E-state index in [0.717, 1.165) is 16.3 Å². The summed E-state index contributed by atoms with van der Waals surface area (Å²) in [7, 11) is 0. The molecule has 3 aromatic rings. The monoisotopic (exact) mass is 300 g/mol. The Hall–Kier alpha value is -3.12. The fourth-order valence-electron chi connectivity index (χ4n) is 2.72. The number of amides is 1. The van der Waals surface area contributed by atoms with Crippen LogP contribution >= 0.6 is 0 Å². The smallest absolute Gasteiger partial charge is 0.251 e. The summed E-state index contributed by atoms with van der Waals surface area (Å²) in [6.45, 7) is 1.97. The van der Waals surface area contributed by atoms with Gasteiger partial charge in [0.1, 0.15) is 0 Å². The van der Waals surface area contributed by atoms with Crippen molar-refractivity contribution in [3.8, 4) is 6.07 Å². The van der Waals surface area contributed by atoms with E-state index in [-0.39, 0.29) is 11.9 Å². The summed E-state index contributed by atoms with van der Waals surface area (Å²) in [5.41, 5.74) is 2.06. The number of hydrogen-bond donors (Lipinski definition) is 1. The molecule has 0 heterocycles. The van der Waals surface area contributed by atoms with Gasteiger partial charge in [0.2, 0.25) is 0 Å². The molecule has 1 atom stereocenters. The van der Waals surface area contributed by atoms with E-state index in [0.29, 0.717) is 11.1 Å². The normalized spacial score (nSPS) is 11.7. The molecule has 0 aliphatic heterocycles. The largest absolute Gasteiger partial charge is 0.345 e. The van der Waals surface area contributed by atoms with Gasteiger partial charge in [-0.25, -0.2) is 0 Å². The topological polar surface area (TPSA) is 52.9 Å². The van der Waals surface area contributed by atoms with E-state index >= 15 is 0 Å². The summed E-state index contributed by atoms with van der Waals surface area (Å²) in [5, 5.41) is 14.2. The SMILES string of the molecule is CC(NC(=O)c1cccc(C#N)c1)c1cccc2ccccc12. The van der Waals surface area contributed by atoms with Crippen LogP contribution in [0.3, 0.4) is 0 Å². The second kappa shape index (κ2) is 6.33. The molecular formula is C20H16N2O. The van der Waals surface area contributed by atoms with Crippen molar-refractivity contribution in [3.63, 3.8) is 0 Å². The maximum absolute atomic E-state index is 12.4. The summed E-state index contributed by atoms with van der Waals surface area (Å²) in [5.74, 6) is -0.178. The van der Waals surface area contributed by atoms with Gasteiger partial charge in [-0.15, -0.1) is 0 Å². The molecule has 0 saturated carbocycles. The van der Waals surface area contributed by atoms with Crippen molar-refractivity contribution in [1.82, 2.24) is 5.32 Å². The summed E-state index contributed by atoms with van der Waals surface area (Å²) in [4.78, 5) is 12.4.